The number of rotatable bonds is 3. The van der Waals surface area contributed by atoms with E-state index in [1.165, 1.54) is 6.42 Å². The molecule has 0 unspecified atom stereocenters. The SMILES string of the molecule is CCC.O=C(Nc1ccnc(N=C2CC=NN2)c1)c1c(Cl)cccc1Cl. The van der Waals surface area contributed by atoms with Crippen LogP contribution in [0.2, 0.25) is 10.0 Å². The minimum atomic E-state index is -0.396. The zero-order valence-corrected chi connectivity index (χ0v) is 16.0. The normalized spacial score (nSPS) is 13.8. The number of amides is 1. The first-order valence-electron chi connectivity index (χ1n) is 8.11. The highest BCUT2D eigenvalue weighted by Gasteiger charge is 2.15. The molecule has 1 aromatic heterocycles. The number of aromatic nitrogens is 1. The molecule has 1 aliphatic heterocycles. The summed E-state index contributed by atoms with van der Waals surface area (Å²) in [4.78, 5) is 20.8. The van der Waals surface area contributed by atoms with Gasteiger partial charge in [-0.3, -0.25) is 10.2 Å². The smallest absolute Gasteiger partial charge is 0.258 e. The summed E-state index contributed by atoms with van der Waals surface area (Å²) in [6, 6.07) is 8.20. The largest absolute Gasteiger partial charge is 0.322 e. The van der Waals surface area contributed by atoms with E-state index in [9.17, 15) is 4.79 Å². The molecule has 0 bridgehead atoms. The number of benzene rings is 1. The summed E-state index contributed by atoms with van der Waals surface area (Å²) >= 11 is 12.1. The van der Waals surface area contributed by atoms with Gasteiger partial charge in [0.15, 0.2) is 5.82 Å². The summed E-state index contributed by atoms with van der Waals surface area (Å²) in [5.74, 6) is 0.754. The Hall–Kier alpha value is -2.44. The number of nitrogens with zero attached hydrogens (tertiary/aromatic N) is 3. The third-order valence-electron chi connectivity index (χ3n) is 3.01. The van der Waals surface area contributed by atoms with Crippen molar-refractivity contribution in [2.45, 2.75) is 26.7 Å². The third-order valence-corrected chi connectivity index (χ3v) is 3.64. The van der Waals surface area contributed by atoms with E-state index in [0.717, 1.165) is 0 Å². The Morgan fingerprint density at radius 1 is 1.27 bits per heavy atom. The Kier molecular flexibility index (Phi) is 7.56. The number of carbonyl (C=O) groups excluding carboxylic acids is 1. The van der Waals surface area contributed by atoms with Crippen LogP contribution in [0.15, 0.2) is 46.6 Å². The lowest BCUT2D eigenvalue weighted by atomic mass is 10.2. The van der Waals surface area contributed by atoms with Gasteiger partial charge in [0.05, 0.1) is 15.6 Å². The fraction of sp³-hybridized carbons (Fsp3) is 0.222. The Labute approximate surface area is 162 Å². The molecule has 0 atom stereocenters. The summed E-state index contributed by atoms with van der Waals surface area (Å²) in [5.41, 5.74) is 3.53. The Morgan fingerprint density at radius 3 is 2.58 bits per heavy atom. The van der Waals surface area contributed by atoms with Crippen molar-refractivity contribution in [1.29, 1.82) is 0 Å². The van der Waals surface area contributed by atoms with Gasteiger partial charge in [-0.2, -0.15) is 5.10 Å². The number of anilines is 1. The third kappa shape index (κ3) is 5.54. The van der Waals surface area contributed by atoms with Crippen LogP contribution in [-0.4, -0.2) is 22.9 Å². The number of nitrogens with one attached hydrogen (secondary N) is 2. The second-order valence-electron chi connectivity index (χ2n) is 5.35. The van der Waals surface area contributed by atoms with E-state index in [2.05, 4.69) is 39.7 Å². The molecule has 3 rings (SSSR count). The van der Waals surface area contributed by atoms with Crippen LogP contribution < -0.4 is 10.7 Å². The van der Waals surface area contributed by atoms with Gasteiger partial charge in [-0.1, -0.05) is 49.5 Å². The van der Waals surface area contributed by atoms with Gasteiger partial charge in [-0.05, 0) is 18.2 Å². The van der Waals surface area contributed by atoms with E-state index in [4.69, 9.17) is 23.2 Å². The fourth-order valence-corrected chi connectivity index (χ4v) is 2.54. The molecule has 0 aliphatic carbocycles. The number of amidine groups is 1. The number of aliphatic imine (C=N–C) groups is 1. The molecule has 136 valence electrons. The van der Waals surface area contributed by atoms with Gasteiger partial charge in [0.2, 0.25) is 0 Å². The van der Waals surface area contributed by atoms with E-state index in [-0.39, 0.29) is 15.6 Å². The fourth-order valence-electron chi connectivity index (χ4n) is 1.97. The molecule has 0 saturated heterocycles. The highest BCUT2D eigenvalue weighted by molar-refractivity contribution is 6.40. The van der Waals surface area contributed by atoms with Gasteiger partial charge < -0.3 is 5.32 Å². The van der Waals surface area contributed by atoms with Gasteiger partial charge in [-0.15, -0.1) is 0 Å². The molecule has 1 aliphatic rings. The van der Waals surface area contributed by atoms with Crippen molar-refractivity contribution in [2.75, 3.05) is 5.32 Å². The second kappa shape index (κ2) is 9.89. The van der Waals surface area contributed by atoms with Gasteiger partial charge in [0, 0.05) is 30.6 Å². The molecule has 2 N–H and O–H groups in total. The summed E-state index contributed by atoms with van der Waals surface area (Å²) in [6.45, 7) is 4.25. The van der Waals surface area contributed by atoms with Crippen LogP contribution >= 0.6 is 23.2 Å². The van der Waals surface area contributed by atoms with Crippen LogP contribution in [0.25, 0.3) is 0 Å². The first kappa shape index (κ1) is 19.9. The first-order chi connectivity index (χ1) is 12.5. The minimum absolute atomic E-state index is 0.228. The molecular weight excluding hydrogens is 373 g/mol. The van der Waals surface area contributed by atoms with Crippen LogP contribution in [0.1, 0.15) is 37.0 Å². The van der Waals surface area contributed by atoms with Crippen molar-refractivity contribution < 1.29 is 4.79 Å². The molecule has 1 aromatic carbocycles. The predicted molar refractivity (Wildman–Crippen MR) is 108 cm³/mol. The molecule has 0 spiro atoms. The molecule has 8 heteroatoms. The highest BCUT2D eigenvalue weighted by atomic mass is 35.5. The number of halogens is 2. The van der Waals surface area contributed by atoms with Crippen molar-refractivity contribution in [3.63, 3.8) is 0 Å². The Morgan fingerprint density at radius 2 is 1.96 bits per heavy atom. The number of carbonyl (C=O) groups is 1. The maximum atomic E-state index is 12.3. The minimum Gasteiger partial charge on any atom is -0.322 e. The molecular formula is C18H19Cl2N5O. The predicted octanol–water partition coefficient (Wildman–Crippen LogP) is 5.07. The Balaban J connectivity index is 0.000000758. The lowest BCUT2D eigenvalue weighted by molar-refractivity contribution is 0.102. The average molecular weight is 392 g/mol. The average Bonchev–Trinajstić information content (AvgIpc) is 3.09. The topological polar surface area (TPSA) is 78.7 Å². The molecule has 2 heterocycles. The second-order valence-corrected chi connectivity index (χ2v) is 6.16. The Bertz CT molecular complexity index is 806. The van der Waals surface area contributed by atoms with Crippen LogP contribution in [0.5, 0.6) is 0 Å². The molecule has 0 saturated carbocycles. The van der Waals surface area contributed by atoms with Crippen LogP contribution in [-0.2, 0) is 0 Å². The van der Waals surface area contributed by atoms with Gasteiger partial charge in [0.25, 0.3) is 5.91 Å². The van der Waals surface area contributed by atoms with E-state index in [0.29, 0.717) is 23.8 Å². The zero-order valence-electron chi connectivity index (χ0n) is 14.5. The lowest BCUT2D eigenvalue weighted by Gasteiger charge is -2.08. The summed E-state index contributed by atoms with van der Waals surface area (Å²) in [5, 5.41) is 7.17. The molecule has 6 nitrogen and oxygen atoms in total. The van der Waals surface area contributed by atoms with E-state index >= 15 is 0 Å². The summed E-state index contributed by atoms with van der Waals surface area (Å²) < 4.78 is 0. The maximum absolute atomic E-state index is 12.3. The lowest BCUT2D eigenvalue weighted by Crippen LogP contribution is -2.13. The van der Waals surface area contributed by atoms with E-state index in [1.807, 2.05) is 0 Å². The molecule has 0 fully saturated rings. The molecule has 1 amide bonds. The molecule has 26 heavy (non-hydrogen) atoms. The van der Waals surface area contributed by atoms with Gasteiger partial charge >= 0.3 is 0 Å². The monoisotopic (exact) mass is 391 g/mol. The first-order valence-corrected chi connectivity index (χ1v) is 8.87. The van der Waals surface area contributed by atoms with Crippen molar-refractivity contribution in [2.24, 2.45) is 10.1 Å². The van der Waals surface area contributed by atoms with Gasteiger partial charge in [0.1, 0.15) is 5.84 Å². The van der Waals surface area contributed by atoms with Crippen molar-refractivity contribution in [3.05, 3.63) is 52.1 Å². The number of pyridine rings is 1. The van der Waals surface area contributed by atoms with Crippen molar-refractivity contribution in [3.8, 4) is 0 Å². The summed E-state index contributed by atoms with van der Waals surface area (Å²) in [6.07, 6.45) is 5.14. The van der Waals surface area contributed by atoms with Crippen LogP contribution in [0.3, 0.4) is 0 Å². The number of hydrogen-bond acceptors (Lipinski definition) is 4. The summed E-state index contributed by atoms with van der Waals surface area (Å²) in [7, 11) is 0. The van der Waals surface area contributed by atoms with Crippen LogP contribution in [0, 0.1) is 0 Å². The van der Waals surface area contributed by atoms with Crippen molar-refractivity contribution >= 4 is 52.7 Å². The van der Waals surface area contributed by atoms with E-state index in [1.54, 1.807) is 42.7 Å². The van der Waals surface area contributed by atoms with Crippen LogP contribution in [0.4, 0.5) is 11.5 Å². The standard InChI is InChI=1S/C15H11Cl2N5O.C3H8/c16-10-2-1-3-11(17)14(10)15(23)20-9-4-6-18-13(8-9)21-12-5-7-19-22-12;1-3-2/h1-4,6-8H,5H2,(H2,18,20,21,22,23);3H2,1-2H3. The molecule has 0 radical (unpaired) electrons. The quantitative estimate of drug-likeness (QED) is 0.766. The van der Waals surface area contributed by atoms with Crippen molar-refractivity contribution in [1.82, 2.24) is 10.4 Å². The zero-order chi connectivity index (χ0) is 18.9. The highest BCUT2D eigenvalue weighted by Crippen LogP contribution is 2.25. The van der Waals surface area contributed by atoms with Gasteiger partial charge in [-0.25, -0.2) is 9.98 Å². The maximum Gasteiger partial charge on any atom is 0.258 e. The number of hydrogen-bond donors (Lipinski definition) is 2. The number of hydrazone groups is 1. The molecule has 2 aromatic rings. The van der Waals surface area contributed by atoms with E-state index < -0.39 is 5.91 Å².